The van der Waals surface area contributed by atoms with E-state index in [1.807, 2.05) is 27.7 Å². The first-order valence-corrected chi connectivity index (χ1v) is 6.76. The molecule has 0 radical (unpaired) electrons. The van der Waals surface area contributed by atoms with Crippen molar-refractivity contribution in [3.63, 3.8) is 0 Å². The lowest BCUT2D eigenvalue weighted by atomic mass is 10.1. The molecule has 0 aliphatic carbocycles. The molecule has 0 aliphatic rings. The smallest absolute Gasteiger partial charge is 0.368 e. The van der Waals surface area contributed by atoms with Crippen LogP contribution in [0.3, 0.4) is 0 Å². The molecular formula is C12H22O4S. The van der Waals surface area contributed by atoms with Crippen LogP contribution in [-0.2, 0) is 14.3 Å². The topological polar surface area (TPSA) is 52.6 Å². The van der Waals surface area contributed by atoms with Crippen LogP contribution in [0.15, 0.2) is 0 Å². The molecule has 0 N–H and O–H groups in total. The highest BCUT2D eigenvalue weighted by Crippen LogP contribution is 2.23. The standard InChI is InChI=1S/C12H22O4S/c1-6-15-12(14)17-10(9(4)5)11(13)16-7-8(2)3/h8-10H,6-7H2,1-5H3. The summed E-state index contributed by atoms with van der Waals surface area (Å²) in [6.07, 6.45) is 0. The molecule has 0 bridgehead atoms. The third-order valence-electron chi connectivity index (χ3n) is 1.88. The number of esters is 1. The molecule has 17 heavy (non-hydrogen) atoms. The predicted molar refractivity (Wildman–Crippen MR) is 69.0 cm³/mol. The van der Waals surface area contributed by atoms with Crippen LogP contribution in [0.2, 0.25) is 0 Å². The first kappa shape index (κ1) is 16.3. The molecule has 0 fully saturated rings. The van der Waals surface area contributed by atoms with Crippen molar-refractivity contribution in [3.05, 3.63) is 0 Å². The highest BCUT2D eigenvalue weighted by atomic mass is 32.2. The number of rotatable bonds is 6. The zero-order valence-corrected chi connectivity index (χ0v) is 12.0. The molecule has 4 nitrogen and oxygen atoms in total. The minimum absolute atomic E-state index is 0.0315. The summed E-state index contributed by atoms with van der Waals surface area (Å²) in [6.45, 7) is 10.1. The van der Waals surface area contributed by atoms with Crippen molar-refractivity contribution in [1.29, 1.82) is 0 Å². The molecule has 0 saturated carbocycles. The molecule has 0 aliphatic heterocycles. The van der Waals surface area contributed by atoms with Crippen LogP contribution in [0, 0.1) is 11.8 Å². The van der Waals surface area contributed by atoms with Gasteiger partial charge in [-0.1, -0.05) is 27.7 Å². The highest BCUT2D eigenvalue weighted by Gasteiger charge is 2.28. The molecular weight excluding hydrogens is 240 g/mol. The zero-order chi connectivity index (χ0) is 13.4. The SMILES string of the molecule is CCOC(=O)SC(C(=O)OCC(C)C)C(C)C. The Hall–Kier alpha value is -0.710. The van der Waals surface area contributed by atoms with E-state index >= 15 is 0 Å². The Morgan fingerprint density at radius 3 is 2.12 bits per heavy atom. The Balaban J connectivity index is 4.31. The molecule has 0 spiro atoms. The van der Waals surface area contributed by atoms with Gasteiger partial charge in [0.2, 0.25) is 0 Å². The van der Waals surface area contributed by atoms with E-state index < -0.39 is 10.6 Å². The van der Waals surface area contributed by atoms with Crippen LogP contribution in [0.4, 0.5) is 4.79 Å². The number of hydrogen-bond acceptors (Lipinski definition) is 5. The van der Waals surface area contributed by atoms with Gasteiger partial charge in [-0.25, -0.2) is 4.79 Å². The fraction of sp³-hybridized carbons (Fsp3) is 0.833. The van der Waals surface area contributed by atoms with Gasteiger partial charge in [0, 0.05) is 0 Å². The largest absolute Gasteiger partial charge is 0.465 e. The molecule has 0 aromatic heterocycles. The quantitative estimate of drug-likeness (QED) is 0.688. The van der Waals surface area contributed by atoms with E-state index in [0.29, 0.717) is 19.1 Å². The number of carbonyl (C=O) groups is 2. The van der Waals surface area contributed by atoms with Gasteiger partial charge in [-0.3, -0.25) is 4.79 Å². The van der Waals surface area contributed by atoms with Gasteiger partial charge in [0.05, 0.1) is 13.2 Å². The van der Waals surface area contributed by atoms with Crippen molar-refractivity contribution in [2.45, 2.75) is 39.9 Å². The van der Waals surface area contributed by atoms with E-state index in [4.69, 9.17) is 9.47 Å². The number of hydrogen-bond donors (Lipinski definition) is 0. The summed E-state index contributed by atoms with van der Waals surface area (Å²) in [4.78, 5) is 23.1. The summed E-state index contributed by atoms with van der Waals surface area (Å²) in [5.41, 5.74) is 0. The summed E-state index contributed by atoms with van der Waals surface area (Å²) in [6, 6.07) is 0. The van der Waals surface area contributed by atoms with E-state index in [1.165, 1.54) is 0 Å². The van der Waals surface area contributed by atoms with Crippen molar-refractivity contribution in [3.8, 4) is 0 Å². The number of thioether (sulfide) groups is 1. The van der Waals surface area contributed by atoms with Crippen LogP contribution in [0.25, 0.3) is 0 Å². The summed E-state index contributed by atoms with van der Waals surface area (Å²) >= 11 is 0.901. The van der Waals surface area contributed by atoms with Crippen molar-refractivity contribution in [1.82, 2.24) is 0 Å². The third-order valence-corrected chi connectivity index (χ3v) is 3.18. The van der Waals surface area contributed by atoms with E-state index in [0.717, 1.165) is 11.8 Å². The molecule has 0 rings (SSSR count). The normalized spacial score (nSPS) is 12.6. The molecule has 0 saturated heterocycles. The fourth-order valence-corrected chi connectivity index (χ4v) is 1.87. The Bertz CT molecular complexity index is 251. The zero-order valence-electron chi connectivity index (χ0n) is 11.2. The van der Waals surface area contributed by atoms with Crippen LogP contribution >= 0.6 is 11.8 Å². The molecule has 0 amide bonds. The number of ether oxygens (including phenoxy) is 2. The maximum absolute atomic E-state index is 11.8. The highest BCUT2D eigenvalue weighted by molar-refractivity contribution is 8.14. The van der Waals surface area contributed by atoms with Crippen LogP contribution in [0.5, 0.6) is 0 Å². The fourth-order valence-electron chi connectivity index (χ4n) is 1.04. The summed E-state index contributed by atoms with van der Waals surface area (Å²) in [5.74, 6) is -0.0184. The minimum atomic E-state index is -0.493. The Kier molecular flexibility index (Phi) is 8.04. The van der Waals surface area contributed by atoms with Gasteiger partial charge in [0.1, 0.15) is 5.25 Å². The van der Waals surface area contributed by atoms with Gasteiger partial charge < -0.3 is 9.47 Å². The third kappa shape index (κ3) is 7.26. The summed E-state index contributed by atoms with van der Waals surface area (Å²) < 4.78 is 9.95. The molecule has 0 aromatic carbocycles. The van der Waals surface area contributed by atoms with E-state index in [9.17, 15) is 9.59 Å². The first-order chi connectivity index (χ1) is 7.88. The molecule has 0 heterocycles. The molecule has 1 unspecified atom stereocenters. The maximum atomic E-state index is 11.8. The average Bonchev–Trinajstić information content (AvgIpc) is 2.22. The van der Waals surface area contributed by atoms with Gasteiger partial charge in [0.25, 0.3) is 0 Å². The van der Waals surface area contributed by atoms with Crippen LogP contribution in [-0.4, -0.2) is 29.7 Å². The second kappa shape index (κ2) is 8.39. The van der Waals surface area contributed by atoms with Gasteiger partial charge in [-0.2, -0.15) is 0 Å². The van der Waals surface area contributed by atoms with Gasteiger partial charge in [0.15, 0.2) is 0 Å². The lowest BCUT2D eigenvalue weighted by molar-refractivity contribution is -0.144. The summed E-state index contributed by atoms with van der Waals surface area (Å²) in [7, 11) is 0. The van der Waals surface area contributed by atoms with Crippen LogP contribution < -0.4 is 0 Å². The average molecular weight is 262 g/mol. The summed E-state index contributed by atoms with van der Waals surface area (Å²) in [5, 5.41) is -0.916. The lowest BCUT2D eigenvalue weighted by Crippen LogP contribution is -2.28. The van der Waals surface area contributed by atoms with Gasteiger partial charge >= 0.3 is 11.3 Å². The predicted octanol–water partition coefficient (Wildman–Crippen LogP) is 3.10. The van der Waals surface area contributed by atoms with Crippen molar-refractivity contribution < 1.29 is 19.1 Å². The minimum Gasteiger partial charge on any atom is -0.465 e. The number of carbonyl (C=O) groups excluding carboxylic acids is 2. The first-order valence-electron chi connectivity index (χ1n) is 5.88. The van der Waals surface area contributed by atoms with Gasteiger partial charge in [-0.05, 0) is 30.5 Å². The van der Waals surface area contributed by atoms with Gasteiger partial charge in [-0.15, -0.1) is 0 Å². The Labute approximate surface area is 107 Å². The van der Waals surface area contributed by atoms with Crippen molar-refractivity contribution in [2.24, 2.45) is 11.8 Å². The lowest BCUT2D eigenvalue weighted by Gasteiger charge is -2.18. The molecule has 0 aromatic rings. The monoisotopic (exact) mass is 262 g/mol. The second-order valence-corrected chi connectivity index (χ2v) is 5.57. The van der Waals surface area contributed by atoms with Crippen molar-refractivity contribution in [2.75, 3.05) is 13.2 Å². The molecule has 5 heteroatoms. The van der Waals surface area contributed by atoms with Crippen molar-refractivity contribution >= 4 is 23.0 Å². The Morgan fingerprint density at radius 1 is 1.12 bits per heavy atom. The molecule has 1 atom stereocenters. The van der Waals surface area contributed by atoms with E-state index in [1.54, 1.807) is 6.92 Å². The second-order valence-electron chi connectivity index (χ2n) is 4.49. The molecule has 100 valence electrons. The van der Waals surface area contributed by atoms with E-state index in [-0.39, 0.29) is 11.9 Å². The maximum Gasteiger partial charge on any atom is 0.368 e. The van der Waals surface area contributed by atoms with Crippen LogP contribution in [0.1, 0.15) is 34.6 Å². The van der Waals surface area contributed by atoms with E-state index in [2.05, 4.69) is 0 Å². The Morgan fingerprint density at radius 2 is 1.71 bits per heavy atom.